The lowest BCUT2D eigenvalue weighted by Crippen LogP contribution is -2.48. The Labute approximate surface area is 190 Å². The van der Waals surface area contributed by atoms with E-state index in [4.69, 9.17) is 5.21 Å². The Balaban J connectivity index is 1.40. The van der Waals surface area contributed by atoms with E-state index in [1.807, 2.05) is 47.4 Å². The van der Waals surface area contributed by atoms with E-state index in [1.165, 1.54) is 27.2 Å². The van der Waals surface area contributed by atoms with Gasteiger partial charge in [0.1, 0.15) is 0 Å². The summed E-state index contributed by atoms with van der Waals surface area (Å²) in [5.74, 6) is -0.615. The normalized spacial score (nSPS) is 15.2. The van der Waals surface area contributed by atoms with Gasteiger partial charge in [-0.25, -0.2) is 18.9 Å². The molecular formula is C22H22N4O4S2. The van der Waals surface area contributed by atoms with E-state index in [9.17, 15) is 13.2 Å². The van der Waals surface area contributed by atoms with Crippen LogP contribution in [0.25, 0.3) is 17.2 Å². The molecule has 10 heteroatoms. The number of anilines is 1. The molecule has 1 amide bonds. The molecule has 0 aliphatic carbocycles. The van der Waals surface area contributed by atoms with Crippen LogP contribution in [-0.2, 0) is 14.8 Å². The number of thiazole rings is 1. The van der Waals surface area contributed by atoms with Crippen molar-refractivity contribution in [2.75, 3.05) is 31.1 Å². The first kappa shape index (κ1) is 22.2. The molecule has 0 unspecified atom stereocenters. The molecule has 1 aliphatic heterocycles. The van der Waals surface area contributed by atoms with E-state index < -0.39 is 15.9 Å². The predicted molar refractivity (Wildman–Crippen MR) is 124 cm³/mol. The third kappa shape index (κ3) is 4.89. The quantitative estimate of drug-likeness (QED) is 0.326. The van der Waals surface area contributed by atoms with Gasteiger partial charge >= 0.3 is 0 Å². The molecule has 166 valence electrons. The van der Waals surface area contributed by atoms with Crippen molar-refractivity contribution in [1.29, 1.82) is 0 Å². The Bertz CT molecular complexity index is 1200. The summed E-state index contributed by atoms with van der Waals surface area (Å²) in [5, 5.41) is 9.30. The van der Waals surface area contributed by atoms with E-state index in [1.54, 1.807) is 24.4 Å². The lowest BCUT2D eigenvalue weighted by Gasteiger charge is -2.33. The second-order valence-corrected chi connectivity index (χ2v) is 10.1. The van der Waals surface area contributed by atoms with Crippen LogP contribution in [0.3, 0.4) is 0 Å². The van der Waals surface area contributed by atoms with Crippen molar-refractivity contribution in [2.45, 2.75) is 4.90 Å². The lowest BCUT2D eigenvalue weighted by molar-refractivity contribution is -0.124. The fourth-order valence-corrected chi connectivity index (χ4v) is 5.71. The minimum absolute atomic E-state index is 0.287. The molecule has 32 heavy (non-hydrogen) atoms. The van der Waals surface area contributed by atoms with Gasteiger partial charge < -0.3 is 4.90 Å². The van der Waals surface area contributed by atoms with Gasteiger partial charge in [-0.05, 0) is 29.3 Å². The van der Waals surface area contributed by atoms with Crippen molar-refractivity contribution in [2.24, 2.45) is 0 Å². The highest BCUT2D eigenvalue weighted by molar-refractivity contribution is 7.89. The van der Waals surface area contributed by atoms with Crippen LogP contribution < -0.4 is 10.4 Å². The van der Waals surface area contributed by atoms with Crippen LogP contribution in [0.15, 0.2) is 71.8 Å². The summed E-state index contributed by atoms with van der Waals surface area (Å²) in [7, 11) is -3.57. The topological polar surface area (TPSA) is 103 Å². The van der Waals surface area contributed by atoms with Gasteiger partial charge in [-0.3, -0.25) is 10.0 Å². The van der Waals surface area contributed by atoms with Gasteiger partial charge in [0.05, 0.1) is 4.90 Å². The first-order valence-electron chi connectivity index (χ1n) is 9.96. The molecule has 1 aliphatic rings. The molecule has 0 saturated carbocycles. The number of benzene rings is 2. The van der Waals surface area contributed by atoms with Gasteiger partial charge in [0.25, 0.3) is 5.91 Å². The summed E-state index contributed by atoms with van der Waals surface area (Å²) in [4.78, 5) is 18.5. The highest BCUT2D eigenvalue weighted by Gasteiger charge is 2.29. The Hall–Kier alpha value is -3.05. The molecule has 1 saturated heterocycles. The zero-order chi connectivity index (χ0) is 22.6. The third-order valence-electron chi connectivity index (χ3n) is 5.13. The predicted octanol–water partition coefficient (Wildman–Crippen LogP) is 2.84. The van der Waals surface area contributed by atoms with E-state index in [-0.39, 0.29) is 4.90 Å². The number of hydrogen-bond acceptors (Lipinski definition) is 7. The molecular weight excluding hydrogens is 448 g/mol. The first-order chi connectivity index (χ1) is 15.5. The molecule has 2 heterocycles. The van der Waals surface area contributed by atoms with Gasteiger partial charge in [-0.2, -0.15) is 4.31 Å². The Morgan fingerprint density at radius 3 is 2.31 bits per heavy atom. The number of piperazine rings is 1. The van der Waals surface area contributed by atoms with E-state index in [2.05, 4.69) is 4.98 Å². The summed E-state index contributed by atoms with van der Waals surface area (Å²) >= 11 is 1.39. The van der Waals surface area contributed by atoms with Crippen LogP contribution >= 0.6 is 11.3 Å². The molecule has 2 N–H and O–H groups in total. The maximum absolute atomic E-state index is 13.1. The summed E-state index contributed by atoms with van der Waals surface area (Å²) in [6, 6.07) is 16.8. The van der Waals surface area contributed by atoms with Crippen molar-refractivity contribution in [3.63, 3.8) is 0 Å². The van der Waals surface area contributed by atoms with Crippen LogP contribution in [0.4, 0.5) is 5.13 Å². The number of amides is 1. The number of carbonyl (C=O) groups excluding carboxylic acids is 1. The van der Waals surface area contributed by atoms with Crippen molar-refractivity contribution >= 4 is 38.5 Å². The molecule has 0 atom stereocenters. The average Bonchev–Trinajstić information content (AvgIpc) is 3.32. The number of hydrogen-bond donors (Lipinski definition) is 2. The SMILES string of the molecule is O=C(/C=C/c1cnc(N2CCN(S(=O)(=O)c3ccc(-c4ccccc4)cc3)CC2)s1)NO. The van der Waals surface area contributed by atoms with Crippen LogP contribution in [-0.4, -0.2) is 55.0 Å². The van der Waals surface area contributed by atoms with Crippen molar-refractivity contribution in [3.05, 3.63) is 71.7 Å². The molecule has 1 fully saturated rings. The second kappa shape index (κ2) is 9.61. The van der Waals surface area contributed by atoms with Gasteiger partial charge in [-0.1, -0.05) is 53.8 Å². The van der Waals surface area contributed by atoms with Crippen LogP contribution in [0, 0.1) is 0 Å². The zero-order valence-corrected chi connectivity index (χ0v) is 18.7. The number of nitrogens with zero attached hydrogens (tertiary/aromatic N) is 3. The lowest BCUT2D eigenvalue weighted by atomic mass is 10.1. The molecule has 2 aromatic carbocycles. The van der Waals surface area contributed by atoms with Gasteiger partial charge in [0, 0.05) is 43.3 Å². The minimum atomic E-state index is -3.57. The highest BCUT2D eigenvalue weighted by Crippen LogP contribution is 2.27. The Kier molecular flexibility index (Phi) is 6.66. The maximum Gasteiger partial charge on any atom is 0.267 e. The summed E-state index contributed by atoms with van der Waals surface area (Å²) < 4.78 is 27.7. The molecule has 0 bridgehead atoms. The number of aromatic nitrogens is 1. The zero-order valence-electron chi connectivity index (χ0n) is 17.1. The summed E-state index contributed by atoms with van der Waals surface area (Å²) in [6.45, 7) is 1.77. The van der Waals surface area contributed by atoms with Crippen molar-refractivity contribution in [1.82, 2.24) is 14.8 Å². The smallest absolute Gasteiger partial charge is 0.267 e. The number of hydroxylamine groups is 1. The standard InChI is InChI=1S/C22H22N4O4S2/c27-21(24-28)11-8-19-16-23-22(31-19)25-12-14-26(15-13-25)32(29,30)20-9-6-18(7-10-20)17-4-2-1-3-5-17/h1-11,16,28H,12-15H2,(H,24,27)/b11-8+. The van der Waals surface area contributed by atoms with Crippen molar-refractivity contribution < 1.29 is 18.4 Å². The molecule has 4 rings (SSSR count). The van der Waals surface area contributed by atoms with Gasteiger partial charge in [0.2, 0.25) is 10.0 Å². The van der Waals surface area contributed by atoms with E-state index in [0.717, 1.165) is 21.1 Å². The molecule has 3 aromatic rings. The Morgan fingerprint density at radius 1 is 1.00 bits per heavy atom. The van der Waals surface area contributed by atoms with Crippen LogP contribution in [0.1, 0.15) is 4.88 Å². The third-order valence-corrected chi connectivity index (χ3v) is 8.07. The van der Waals surface area contributed by atoms with E-state index >= 15 is 0 Å². The summed E-state index contributed by atoms with van der Waals surface area (Å²) in [5.41, 5.74) is 3.55. The molecule has 0 radical (unpaired) electrons. The van der Waals surface area contributed by atoms with Gasteiger partial charge in [0.15, 0.2) is 5.13 Å². The largest absolute Gasteiger partial charge is 0.345 e. The number of sulfonamides is 1. The van der Waals surface area contributed by atoms with Gasteiger partial charge in [-0.15, -0.1) is 0 Å². The second-order valence-electron chi connectivity index (χ2n) is 7.14. The fraction of sp³-hybridized carbons (Fsp3) is 0.182. The van der Waals surface area contributed by atoms with Crippen LogP contribution in [0.5, 0.6) is 0 Å². The molecule has 0 spiro atoms. The number of nitrogens with one attached hydrogen (secondary N) is 1. The first-order valence-corrected chi connectivity index (χ1v) is 12.2. The minimum Gasteiger partial charge on any atom is -0.345 e. The number of rotatable bonds is 6. The van der Waals surface area contributed by atoms with Crippen LogP contribution in [0.2, 0.25) is 0 Å². The van der Waals surface area contributed by atoms with E-state index in [0.29, 0.717) is 26.2 Å². The summed E-state index contributed by atoms with van der Waals surface area (Å²) in [6.07, 6.45) is 4.41. The van der Waals surface area contributed by atoms with Crippen molar-refractivity contribution in [3.8, 4) is 11.1 Å². The number of carbonyl (C=O) groups is 1. The highest BCUT2D eigenvalue weighted by atomic mass is 32.2. The average molecular weight is 471 g/mol. The Morgan fingerprint density at radius 2 is 1.66 bits per heavy atom. The molecule has 8 nitrogen and oxygen atoms in total. The monoisotopic (exact) mass is 470 g/mol. The maximum atomic E-state index is 13.1. The molecule has 1 aromatic heterocycles. The fourth-order valence-electron chi connectivity index (χ4n) is 3.41.